The molecule has 4 unspecified atom stereocenters. The van der Waals surface area contributed by atoms with Gasteiger partial charge in [-0.2, -0.15) is 0 Å². The largest absolute Gasteiger partial charge is 0.349 e. The second-order valence-electron chi connectivity index (χ2n) is 8.22. The lowest BCUT2D eigenvalue weighted by Crippen LogP contribution is -2.52. The summed E-state index contributed by atoms with van der Waals surface area (Å²) in [4.78, 5) is 0. The fraction of sp³-hybridized carbons (Fsp3) is 1.00. The van der Waals surface area contributed by atoms with Crippen molar-refractivity contribution in [2.45, 2.75) is 85.8 Å². The maximum absolute atomic E-state index is 6.56. The lowest BCUT2D eigenvalue weighted by atomic mass is 9.71. The standard InChI is InChI=1S/C19H37NO2/c1-8-17-13(5)11(3)15(7)19(21-17)22-18-10(2)9-16(20)12(4)14(18)6/h10-19H,8-9,20H2,1-7H3/t10?,11-,12?,13-,14+,15?,16+,17?,18+,19+/m0/s1. The van der Waals surface area contributed by atoms with Gasteiger partial charge in [-0.05, 0) is 42.4 Å². The van der Waals surface area contributed by atoms with E-state index < -0.39 is 0 Å². The Morgan fingerprint density at radius 2 is 1.55 bits per heavy atom. The van der Waals surface area contributed by atoms with Crippen LogP contribution in [-0.4, -0.2) is 24.5 Å². The zero-order valence-corrected chi connectivity index (χ0v) is 15.6. The first-order valence-corrected chi connectivity index (χ1v) is 9.34. The van der Waals surface area contributed by atoms with Crippen LogP contribution < -0.4 is 5.73 Å². The van der Waals surface area contributed by atoms with E-state index in [-0.39, 0.29) is 12.4 Å². The molecule has 0 aromatic carbocycles. The summed E-state index contributed by atoms with van der Waals surface area (Å²) in [5, 5.41) is 0. The van der Waals surface area contributed by atoms with Gasteiger partial charge in [0.25, 0.3) is 0 Å². The summed E-state index contributed by atoms with van der Waals surface area (Å²) in [7, 11) is 0. The number of ether oxygens (including phenoxy) is 2. The summed E-state index contributed by atoms with van der Waals surface area (Å²) < 4.78 is 12.9. The van der Waals surface area contributed by atoms with Gasteiger partial charge in [0.05, 0.1) is 12.2 Å². The summed E-state index contributed by atoms with van der Waals surface area (Å²) in [6.07, 6.45) is 2.65. The van der Waals surface area contributed by atoms with Crippen LogP contribution in [0.25, 0.3) is 0 Å². The van der Waals surface area contributed by atoms with Crippen LogP contribution in [0.1, 0.15) is 61.3 Å². The molecule has 1 saturated heterocycles. The monoisotopic (exact) mass is 311 g/mol. The molecule has 2 rings (SSSR count). The van der Waals surface area contributed by atoms with Gasteiger partial charge in [-0.25, -0.2) is 0 Å². The fourth-order valence-electron chi connectivity index (χ4n) is 4.51. The first kappa shape index (κ1) is 18.2. The average Bonchev–Trinajstić information content (AvgIpc) is 2.49. The third kappa shape index (κ3) is 3.37. The van der Waals surface area contributed by atoms with Gasteiger partial charge in [0.1, 0.15) is 0 Å². The van der Waals surface area contributed by atoms with Crippen LogP contribution in [0, 0.1) is 35.5 Å². The second-order valence-corrected chi connectivity index (χ2v) is 8.22. The van der Waals surface area contributed by atoms with Crippen molar-refractivity contribution >= 4 is 0 Å². The van der Waals surface area contributed by atoms with E-state index in [2.05, 4.69) is 48.5 Å². The molecule has 3 heteroatoms. The molecule has 1 aliphatic carbocycles. The molecular formula is C19H37NO2. The maximum Gasteiger partial charge on any atom is 0.161 e. The Labute approximate surface area is 137 Å². The second kappa shape index (κ2) is 7.19. The topological polar surface area (TPSA) is 44.5 Å². The van der Waals surface area contributed by atoms with E-state index >= 15 is 0 Å². The zero-order chi connectivity index (χ0) is 16.6. The highest BCUT2D eigenvalue weighted by Gasteiger charge is 2.44. The quantitative estimate of drug-likeness (QED) is 0.855. The Balaban J connectivity index is 2.08. The first-order valence-electron chi connectivity index (χ1n) is 9.34. The molecule has 130 valence electrons. The van der Waals surface area contributed by atoms with Crippen molar-refractivity contribution in [1.29, 1.82) is 0 Å². The molecule has 0 spiro atoms. The van der Waals surface area contributed by atoms with Crippen LogP contribution in [0.4, 0.5) is 0 Å². The molecule has 0 aromatic rings. The van der Waals surface area contributed by atoms with Crippen LogP contribution in [-0.2, 0) is 9.47 Å². The average molecular weight is 312 g/mol. The van der Waals surface area contributed by atoms with E-state index in [0.29, 0.717) is 47.7 Å². The Bertz CT molecular complexity index is 359. The minimum absolute atomic E-state index is 0.0624. The number of rotatable bonds is 3. The van der Waals surface area contributed by atoms with Gasteiger partial charge in [-0.1, -0.05) is 48.5 Å². The van der Waals surface area contributed by atoms with E-state index in [9.17, 15) is 0 Å². The van der Waals surface area contributed by atoms with Crippen molar-refractivity contribution in [3.05, 3.63) is 0 Å². The van der Waals surface area contributed by atoms with Crippen LogP contribution >= 0.6 is 0 Å². The van der Waals surface area contributed by atoms with Crippen LogP contribution in [0.5, 0.6) is 0 Å². The molecule has 22 heavy (non-hydrogen) atoms. The molecule has 1 aliphatic heterocycles. The molecule has 0 radical (unpaired) electrons. The van der Waals surface area contributed by atoms with E-state index in [1.807, 2.05) is 0 Å². The predicted octanol–water partition coefficient (Wildman–Crippen LogP) is 4.05. The lowest BCUT2D eigenvalue weighted by Gasteiger charge is -2.48. The maximum atomic E-state index is 6.56. The molecule has 1 heterocycles. The van der Waals surface area contributed by atoms with Crippen LogP contribution in [0.3, 0.4) is 0 Å². The molecule has 2 N–H and O–H groups in total. The van der Waals surface area contributed by atoms with Gasteiger partial charge in [-0.3, -0.25) is 0 Å². The predicted molar refractivity (Wildman–Crippen MR) is 91.4 cm³/mol. The number of nitrogens with two attached hydrogens (primary N) is 1. The molecule has 2 fully saturated rings. The van der Waals surface area contributed by atoms with Gasteiger partial charge in [-0.15, -0.1) is 0 Å². The number of hydrogen-bond acceptors (Lipinski definition) is 3. The Hall–Kier alpha value is -0.120. The van der Waals surface area contributed by atoms with Gasteiger partial charge in [0, 0.05) is 12.0 Å². The number of hydrogen-bond donors (Lipinski definition) is 1. The molecule has 3 nitrogen and oxygen atoms in total. The first-order chi connectivity index (χ1) is 10.3. The highest BCUT2D eigenvalue weighted by molar-refractivity contribution is 4.91. The zero-order valence-electron chi connectivity index (χ0n) is 15.6. The molecule has 0 bridgehead atoms. The van der Waals surface area contributed by atoms with Crippen molar-refractivity contribution < 1.29 is 9.47 Å². The van der Waals surface area contributed by atoms with E-state index in [4.69, 9.17) is 15.2 Å². The Morgan fingerprint density at radius 3 is 2.14 bits per heavy atom. The van der Waals surface area contributed by atoms with Crippen molar-refractivity contribution in [1.82, 2.24) is 0 Å². The highest BCUT2D eigenvalue weighted by atomic mass is 16.7. The molecular weight excluding hydrogens is 274 g/mol. The summed E-state index contributed by atoms with van der Waals surface area (Å²) in [5.41, 5.74) is 6.28. The van der Waals surface area contributed by atoms with Gasteiger partial charge in [0.2, 0.25) is 0 Å². The minimum Gasteiger partial charge on any atom is -0.349 e. The molecule has 0 aromatic heterocycles. The van der Waals surface area contributed by atoms with E-state index in [1.54, 1.807) is 0 Å². The minimum atomic E-state index is -0.0624. The van der Waals surface area contributed by atoms with Crippen LogP contribution in [0.2, 0.25) is 0 Å². The lowest BCUT2D eigenvalue weighted by molar-refractivity contribution is -0.281. The van der Waals surface area contributed by atoms with Gasteiger partial charge >= 0.3 is 0 Å². The molecule has 2 aliphatic rings. The van der Waals surface area contributed by atoms with Crippen LogP contribution in [0.15, 0.2) is 0 Å². The summed E-state index contributed by atoms with van der Waals surface area (Å²) in [5.74, 6) is 3.20. The highest BCUT2D eigenvalue weighted by Crippen LogP contribution is 2.41. The molecule has 1 saturated carbocycles. The molecule has 10 atom stereocenters. The summed E-state index contributed by atoms with van der Waals surface area (Å²) in [6.45, 7) is 16.0. The summed E-state index contributed by atoms with van der Waals surface area (Å²) >= 11 is 0. The third-order valence-corrected chi connectivity index (χ3v) is 6.90. The third-order valence-electron chi connectivity index (χ3n) is 6.90. The van der Waals surface area contributed by atoms with Gasteiger partial charge < -0.3 is 15.2 Å². The Kier molecular flexibility index (Phi) is 5.95. The van der Waals surface area contributed by atoms with Gasteiger partial charge in [0.15, 0.2) is 6.29 Å². The summed E-state index contributed by atoms with van der Waals surface area (Å²) in [6, 6.07) is 0.303. The van der Waals surface area contributed by atoms with E-state index in [1.165, 1.54) is 0 Å². The van der Waals surface area contributed by atoms with Crippen molar-refractivity contribution in [2.75, 3.05) is 0 Å². The van der Waals surface area contributed by atoms with Crippen molar-refractivity contribution in [2.24, 2.45) is 41.2 Å². The van der Waals surface area contributed by atoms with Crippen molar-refractivity contribution in [3.8, 4) is 0 Å². The Morgan fingerprint density at radius 1 is 0.909 bits per heavy atom. The fourth-order valence-corrected chi connectivity index (χ4v) is 4.51. The normalized spacial score (nSPS) is 53.5. The molecule has 0 amide bonds. The SMILES string of the molecule is CCC1O[C@H](O[C@@H]2C(C)C[C@@H](N)C(C)[C@H]2C)C(C)[C@@H](C)[C@@H]1C. The smallest absolute Gasteiger partial charge is 0.161 e. The van der Waals surface area contributed by atoms with E-state index in [0.717, 1.165) is 12.8 Å². The van der Waals surface area contributed by atoms with Crippen molar-refractivity contribution in [3.63, 3.8) is 0 Å².